The van der Waals surface area contributed by atoms with Gasteiger partial charge in [-0.2, -0.15) is 4.98 Å². The zero-order chi connectivity index (χ0) is 20.1. The van der Waals surface area contributed by atoms with Crippen molar-refractivity contribution in [3.8, 4) is 0 Å². The first kappa shape index (κ1) is 18.1. The van der Waals surface area contributed by atoms with Crippen LogP contribution in [0.25, 0.3) is 11.0 Å². The summed E-state index contributed by atoms with van der Waals surface area (Å²) in [4.78, 5) is 46.0. The van der Waals surface area contributed by atoms with Gasteiger partial charge in [0.1, 0.15) is 16.9 Å². The van der Waals surface area contributed by atoms with Crippen LogP contribution in [0.2, 0.25) is 0 Å². The van der Waals surface area contributed by atoms with Gasteiger partial charge in [0.15, 0.2) is 5.82 Å². The Kier molecular flexibility index (Phi) is 4.13. The van der Waals surface area contributed by atoms with Gasteiger partial charge in [-0.05, 0) is 25.0 Å². The minimum absolute atomic E-state index is 0.113. The zero-order valence-corrected chi connectivity index (χ0v) is 15.9. The summed E-state index contributed by atoms with van der Waals surface area (Å²) in [6, 6.07) is 2.99. The molecule has 1 amide bonds. The van der Waals surface area contributed by atoms with E-state index in [9.17, 15) is 14.4 Å². The minimum Gasteiger partial charge on any atom is -0.340 e. The Morgan fingerprint density at radius 1 is 1.14 bits per heavy atom. The standard InChI is InChI=1S/C18H20N6O4/c1-10-19-16(22-28-10)18(8-4-5-9-18)21-14(25)12-7-6-11-13(20-12)23(2)17(27)24(3)15(11)26/h6-7H,4-5,8-9H2,1-3H3,(H,21,25). The van der Waals surface area contributed by atoms with Gasteiger partial charge >= 0.3 is 5.69 Å². The summed E-state index contributed by atoms with van der Waals surface area (Å²) >= 11 is 0. The lowest BCUT2D eigenvalue weighted by atomic mass is 9.96. The monoisotopic (exact) mass is 384 g/mol. The van der Waals surface area contributed by atoms with Gasteiger partial charge in [-0.3, -0.25) is 18.7 Å². The van der Waals surface area contributed by atoms with Crippen LogP contribution in [0.15, 0.2) is 26.2 Å². The maximum absolute atomic E-state index is 12.9. The van der Waals surface area contributed by atoms with E-state index in [1.165, 1.54) is 30.8 Å². The summed E-state index contributed by atoms with van der Waals surface area (Å²) < 4.78 is 7.36. The first-order valence-electron chi connectivity index (χ1n) is 9.02. The van der Waals surface area contributed by atoms with Crippen molar-refractivity contribution in [2.24, 2.45) is 14.1 Å². The van der Waals surface area contributed by atoms with E-state index in [4.69, 9.17) is 4.52 Å². The third-order valence-corrected chi connectivity index (χ3v) is 5.30. The fourth-order valence-corrected chi connectivity index (χ4v) is 3.74. The third-order valence-electron chi connectivity index (χ3n) is 5.30. The second-order valence-electron chi connectivity index (χ2n) is 7.15. The fraction of sp³-hybridized carbons (Fsp3) is 0.444. The maximum Gasteiger partial charge on any atom is 0.332 e. The number of nitrogens with zero attached hydrogens (tertiary/aromatic N) is 5. The molecule has 1 aliphatic carbocycles. The smallest absolute Gasteiger partial charge is 0.332 e. The van der Waals surface area contributed by atoms with Gasteiger partial charge in [-0.15, -0.1) is 0 Å². The molecule has 0 radical (unpaired) electrons. The summed E-state index contributed by atoms with van der Waals surface area (Å²) in [5, 5.41) is 7.28. The summed E-state index contributed by atoms with van der Waals surface area (Å²) in [5.41, 5.74) is -1.38. The number of aromatic nitrogens is 5. The Hall–Kier alpha value is -3.30. The molecule has 146 valence electrons. The number of hydrogen-bond acceptors (Lipinski definition) is 7. The maximum atomic E-state index is 12.9. The average Bonchev–Trinajstić information content (AvgIpc) is 3.34. The molecule has 0 spiro atoms. The number of hydrogen-bond donors (Lipinski definition) is 1. The molecule has 0 atom stereocenters. The molecule has 3 aromatic heterocycles. The van der Waals surface area contributed by atoms with Crippen LogP contribution >= 0.6 is 0 Å². The van der Waals surface area contributed by atoms with Crippen molar-refractivity contribution in [1.29, 1.82) is 0 Å². The molecule has 0 saturated heterocycles. The molecular formula is C18H20N6O4. The van der Waals surface area contributed by atoms with Crippen molar-refractivity contribution in [2.75, 3.05) is 0 Å². The number of carbonyl (C=O) groups is 1. The van der Waals surface area contributed by atoms with Crippen LogP contribution in [0, 0.1) is 6.92 Å². The van der Waals surface area contributed by atoms with Gasteiger partial charge in [0.25, 0.3) is 11.5 Å². The molecule has 3 heterocycles. The molecule has 0 bridgehead atoms. The molecule has 4 rings (SSSR count). The number of aryl methyl sites for hydroxylation is 2. The Labute approximate surface area is 159 Å². The second-order valence-corrected chi connectivity index (χ2v) is 7.15. The summed E-state index contributed by atoms with van der Waals surface area (Å²) in [6.45, 7) is 1.70. The van der Waals surface area contributed by atoms with Crippen molar-refractivity contribution in [3.63, 3.8) is 0 Å². The van der Waals surface area contributed by atoms with Crippen LogP contribution in [0.1, 0.15) is 47.9 Å². The van der Waals surface area contributed by atoms with Crippen LogP contribution < -0.4 is 16.6 Å². The Bertz CT molecular complexity index is 1200. The quantitative estimate of drug-likeness (QED) is 0.698. The van der Waals surface area contributed by atoms with E-state index in [0.717, 1.165) is 17.4 Å². The molecule has 3 aromatic rings. The third kappa shape index (κ3) is 2.72. The lowest BCUT2D eigenvalue weighted by Gasteiger charge is -2.26. The molecule has 0 aliphatic heterocycles. The topological polar surface area (TPSA) is 125 Å². The first-order chi connectivity index (χ1) is 13.3. The van der Waals surface area contributed by atoms with Crippen molar-refractivity contribution in [2.45, 2.75) is 38.1 Å². The highest BCUT2D eigenvalue weighted by atomic mass is 16.5. The van der Waals surface area contributed by atoms with Crippen LogP contribution in [-0.4, -0.2) is 30.2 Å². The van der Waals surface area contributed by atoms with Gasteiger partial charge in [0.05, 0.1) is 5.39 Å². The molecular weight excluding hydrogens is 364 g/mol. The van der Waals surface area contributed by atoms with Crippen LogP contribution in [0.4, 0.5) is 0 Å². The van der Waals surface area contributed by atoms with Crippen molar-refractivity contribution in [3.05, 3.63) is 50.4 Å². The fourth-order valence-electron chi connectivity index (χ4n) is 3.74. The Morgan fingerprint density at radius 3 is 2.50 bits per heavy atom. The van der Waals surface area contributed by atoms with Crippen LogP contribution in [-0.2, 0) is 19.6 Å². The van der Waals surface area contributed by atoms with Crippen molar-refractivity contribution < 1.29 is 9.32 Å². The average molecular weight is 384 g/mol. The van der Waals surface area contributed by atoms with Gasteiger partial charge in [-0.25, -0.2) is 9.78 Å². The van der Waals surface area contributed by atoms with E-state index < -0.39 is 22.7 Å². The Balaban J connectivity index is 1.75. The van der Waals surface area contributed by atoms with Gasteiger partial charge in [0, 0.05) is 21.0 Å². The van der Waals surface area contributed by atoms with Crippen LogP contribution in [0.5, 0.6) is 0 Å². The number of nitrogens with one attached hydrogen (secondary N) is 1. The van der Waals surface area contributed by atoms with Crippen molar-refractivity contribution >= 4 is 16.9 Å². The molecule has 0 unspecified atom stereocenters. The zero-order valence-electron chi connectivity index (χ0n) is 15.9. The largest absolute Gasteiger partial charge is 0.340 e. The minimum atomic E-state index is -0.704. The normalized spacial score (nSPS) is 15.8. The molecule has 10 nitrogen and oxygen atoms in total. The van der Waals surface area contributed by atoms with E-state index in [1.54, 1.807) is 6.92 Å². The molecule has 1 saturated carbocycles. The number of rotatable bonds is 3. The molecule has 28 heavy (non-hydrogen) atoms. The highest BCUT2D eigenvalue weighted by Crippen LogP contribution is 2.37. The van der Waals surface area contributed by atoms with E-state index >= 15 is 0 Å². The lowest BCUT2D eigenvalue weighted by Crippen LogP contribution is -2.45. The predicted molar refractivity (Wildman–Crippen MR) is 98.9 cm³/mol. The van der Waals surface area contributed by atoms with E-state index in [0.29, 0.717) is 24.6 Å². The van der Waals surface area contributed by atoms with E-state index in [1.807, 2.05) is 0 Å². The lowest BCUT2D eigenvalue weighted by molar-refractivity contribution is 0.0887. The van der Waals surface area contributed by atoms with Gasteiger partial charge in [-0.1, -0.05) is 18.0 Å². The number of fused-ring (bicyclic) bond motifs is 1. The molecule has 1 fully saturated rings. The molecule has 1 aliphatic rings. The van der Waals surface area contributed by atoms with E-state index in [2.05, 4.69) is 20.4 Å². The van der Waals surface area contributed by atoms with E-state index in [-0.39, 0.29) is 16.7 Å². The molecule has 0 aromatic carbocycles. The van der Waals surface area contributed by atoms with Crippen molar-refractivity contribution in [1.82, 2.24) is 29.6 Å². The molecule has 10 heteroatoms. The number of carbonyl (C=O) groups excluding carboxylic acids is 1. The first-order valence-corrected chi connectivity index (χ1v) is 9.02. The number of pyridine rings is 1. The number of amides is 1. The molecule has 1 N–H and O–H groups in total. The summed E-state index contributed by atoms with van der Waals surface area (Å²) in [5.74, 6) is 0.475. The predicted octanol–water partition coefficient (Wildman–Crippen LogP) is 0.523. The summed E-state index contributed by atoms with van der Waals surface area (Å²) in [7, 11) is 2.92. The highest BCUT2D eigenvalue weighted by molar-refractivity contribution is 5.94. The Morgan fingerprint density at radius 2 is 1.86 bits per heavy atom. The SMILES string of the molecule is Cc1nc(C2(NC(=O)c3ccc4c(=O)n(C)c(=O)n(C)c4n3)CCCC2)no1. The van der Waals surface area contributed by atoms with Crippen LogP contribution in [0.3, 0.4) is 0 Å². The van der Waals surface area contributed by atoms with Gasteiger partial charge < -0.3 is 9.84 Å². The summed E-state index contributed by atoms with van der Waals surface area (Å²) in [6.07, 6.45) is 3.27. The highest BCUT2D eigenvalue weighted by Gasteiger charge is 2.41. The second kappa shape index (κ2) is 6.39. The van der Waals surface area contributed by atoms with Gasteiger partial charge in [0.2, 0.25) is 5.89 Å².